The Morgan fingerprint density at radius 1 is 1.43 bits per heavy atom. The minimum absolute atomic E-state index is 0.125. The first-order chi connectivity index (χ1) is 6.29. The molecule has 1 amide bonds. The highest BCUT2D eigenvalue weighted by atomic mass is 16.5. The number of ether oxygens (including phenoxy) is 1. The fourth-order valence-electron chi connectivity index (χ4n) is 0.982. The highest BCUT2D eigenvalue weighted by Gasteiger charge is 2.32. The van der Waals surface area contributed by atoms with Gasteiger partial charge in [-0.05, 0) is 5.41 Å². The summed E-state index contributed by atoms with van der Waals surface area (Å²) in [5.41, 5.74) is -0.519. The topological polar surface area (TPSA) is 75.6 Å². The quantitative estimate of drug-likeness (QED) is 0.686. The number of hydrogen-bond donors (Lipinski definition) is 2. The highest BCUT2D eigenvalue weighted by Crippen LogP contribution is 2.19. The zero-order valence-electron chi connectivity index (χ0n) is 8.96. The van der Waals surface area contributed by atoms with E-state index >= 15 is 0 Å². The number of nitrogens with one attached hydrogen (secondary N) is 1. The number of carbonyl (C=O) groups excluding carboxylic acids is 1. The van der Waals surface area contributed by atoms with Gasteiger partial charge in [0.05, 0.1) is 0 Å². The molecule has 0 aromatic heterocycles. The first kappa shape index (κ1) is 12.9. The maximum absolute atomic E-state index is 11.1. The van der Waals surface area contributed by atoms with Gasteiger partial charge in [-0.15, -0.1) is 0 Å². The lowest BCUT2D eigenvalue weighted by Gasteiger charge is -2.27. The normalized spacial score (nSPS) is 13.4. The smallest absolute Gasteiger partial charge is 0.326 e. The van der Waals surface area contributed by atoms with Crippen LogP contribution in [0.3, 0.4) is 0 Å². The number of carboxylic acid groups (broad SMARTS) is 1. The monoisotopic (exact) mass is 203 g/mol. The van der Waals surface area contributed by atoms with E-state index in [-0.39, 0.29) is 6.61 Å². The van der Waals surface area contributed by atoms with Crippen LogP contribution in [0.25, 0.3) is 0 Å². The summed E-state index contributed by atoms with van der Waals surface area (Å²) < 4.78 is 4.59. The molecule has 0 aliphatic heterocycles. The molecule has 0 spiro atoms. The van der Waals surface area contributed by atoms with Crippen LogP contribution in [0.15, 0.2) is 0 Å². The number of hydrogen-bond acceptors (Lipinski definition) is 3. The second kappa shape index (κ2) is 4.95. The van der Waals surface area contributed by atoms with Crippen LogP contribution in [0.2, 0.25) is 0 Å². The Bertz CT molecular complexity index is 219. The molecular weight excluding hydrogens is 186 g/mol. The lowest BCUT2D eigenvalue weighted by atomic mass is 9.87. The molecule has 0 aliphatic carbocycles. The summed E-state index contributed by atoms with van der Waals surface area (Å²) >= 11 is 0. The fourth-order valence-corrected chi connectivity index (χ4v) is 0.982. The molecule has 0 saturated carbocycles. The van der Waals surface area contributed by atoms with Gasteiger partial charge in [-0.3, -0.25) is 4.79 Å². The number of aliphatic carboxylic acids is 1. The molecule has 0 rings (SSSR count). The van der Waals surface area contributed by atoms with E-state index < -0.39 is 23.3 Å². The average molecular weight is 203 g/mol. The van der Waals surface area contributed by atoms with Crippen LogP contribution in [0.4, 0.5) is 0 Å². The van der Waals surface area contributed by atoms with E-state index in [0.717, 1.165) is 0 Å². The lowest BCUT2D eigenvalue weighted by Crippen LogP contribution is -2.50. The Morgan fingerprint density at radius 2 is 1.93 bits per heavy atom. The molecule has 5 nitrogen and oxygen atoms in total. The van der Waals surface area contributed by atoms with E-state index in [1.807, 2.05) is 0 Å². The van der Waals surface area contributed by atoms with Crippen LogP contribution >= 0.6 is 0 Å². The van der Waals surface area contributed by atoms with E-state index in [1.54, 1.807) is 20.8 Å². The molecule has 82 valence electrons. The Morgan fingerprint density at radius 3 is 2.21 bits per heavy atom. The van der Waals surface area contributed by atoms with Gasteiger partial charge < -0.3 is 15.2 Å². The first-order valence-corrected chi connectivity index (χ1v) is 4.30. The van der Waals surface area contributed by atoms with Crippen molar-refractivity contribution in [2.75, 3.05) is 13.7 Å². The molecule has 0 aromatic carbocycles. The molecule has 1 atom stereocenters. The molecule has 0 fully saturated rings. The molecule has 0 unspecified atom stereocenters. The predicted octanol–water partition coefficient (Wildman–Crippen LogP) is 0.248. The summed E-state index contributed by atoms with van der Waals surface area (Å²) in [7, 11) is 1.38. The van der Waals surface area contributed by atoms with Crippen LogP contribution in [-0.4, -0.2) is 36.7 Å². The van der Waals surface area contributed by atoms with Crippen LogP contribution in [0.1, 0.15) is 20.8 Å². The molecule has 0 aromatic rings. The standard InChI is InChI=1S/C9H17NO4/c1-9(2,3)7(8(12)13)10-6(11)5-14-4/h7H,5H2,1-4H3,(H,10,11)(H,12,13)/t7-/m0/s1. The van der Waals surface area contributed by atoms with Crippen molar-refractivity contribution < 1.29 is 19.4 Å². The van der Waals surface area contributed by atoms with Gasteiger partial charge >= 0.3 is 5.97 Å². The second-order valence-corrected chi connectivity index (χ2v) is 4.14. The number of carbonyl (C=O) groups is 2. The Kier molecular flexibility index (Phi) is 4.56. The fraction of sp³-hybridized carbons (Fsp3) is 0.778. The maximum atomic E-state index is 11.1. The van der Waals surface area contributed by atoms with Gasteiger partial charge in [0, 0.05) is 7.11 Å². The molecule has 2 N–H and O–H groups in total. The molecule has 0 radical (unpaired) electrons. The minimum atomic E-state index is -1.04. The van der Waals surface area contributed by atoms with E-state index in [1.165, 1.54) is 7.11 Å². The average Bonchev–Trinajstić information content (AvgIpc) is 1.98. The number of carboxylic acids is 1. The van der Waals surface area contributed by atoms with Gasteiger partial charge in [0.25, 0.3) is 0 Å². The Labute approximate surface area is 83.4 Å². The van der Waals surface area contributed by atoms with Crippen molar-refractivity contribution in [2.24, 2.45) is 5.41 Å². The highest BCUT2D eigenvalue weighted by molar-refractivity contribution is 5.84. The minimum Gasteiger partial charge on any atom is -0.480 e. The number of rotatable bonds is 4. The van der Waals surface area contributed by atoms with Crippen LogP contribution in [0, 0.1) is 5.41 Å². The van der Waals surface area contributed by atoms with Crippen LogP contribution < -0.4 is 5.32 Å². The summed E-state index contributed by atoms with van der Waals surface area (Å²) in [6.07, 6.45) is 0. The van der Waals surface area contributed by atoms with E-state index in [2.05, 4.69) is 10.1 Å². The van der Waals surface area contributed by atoms with Gasteiger partial charge in [0.1, 0.15) is 12.6 Å². The van der Waals surface area contributed by atoms with Gasteiger partial charge in [-0.2, -0.15) is 0 Å². The molecular formula is C9H17NO4. The summed E-state index contributed by atoms with van der Waals surface area (Å²) in [6, 6.07) is -0.898. The van der Waals surface area contributed by atoms with Gasteiger partial charge in [-0.25, -0.2) is 4.79 Å². The van der Waals surface area contributed by atoms with Crippen LogP contribution in [-0.2, 0) is 14.3 Å². The van der Waals surface area contributed by atoms with E-state index in [9.17, 15) is 9.59 Å². The number of methoxy groups -OCH3 is 1. The van der Waals surface area contributed by atoms with Gasteiger partial charge in [-0.1, -0.05) is 20.8 Å². The van der Waals surface area contributed by atoms with Gasteiger partial charge in [0.2, 0.25) is 5.91 Å². The summed E-state index contributed by atoms with van der Waals surface area (Å²) in [5, 5.41) is 11.3. The van der Waals surface area contributed by atoms with E-state index in [4.69, 9.17) is 5.11 Å². The molecule has 0 heterocycles. The van der Waals surface area contributed by atoms with E-state index in [0.29, 0.717) is 0 Å². The lowest BCUT2D eigenvalue weighted by molar-refractivity contribution is -0.145. The molecule has 5 heteroatoms. The molecule has 14 heavy (non-hydrogen) atoms. The van der Waals surface area contributed by atoms with Crippen molar-refractivity contribution in [3.8, 4) is 0 Å². The summed E-state index contributed by atoms with van der Waals surface area (Å²) in [6.45, 7) is 5.12. The Hall–Kier alpha value is -1.10. The maximum Gasteiger partial charge on any atom is 0.326 e. The van der Waals surface area contributed by atoms with Crippen molar-refractivity contribution in [3.63, 3.8) is 0 Å². The molecule has 0 aliphatic rings. The van der Waals surface area contributed by atoms with Crippen LogP contribution in [0.5, 0.6) is 0 Å². The zero-order valence-corrected chi connectivity index (χ0v) is 8.96. The Balaban J connectivity index is 4.40. The third kappa shape index (κ3) is 4.23. The summed E-state index contributed by atoms with van der Waals surface area (Å²) in [5.74, 6) is -1.46. The van der Waals surface area contributed by atoms with Crippen molar-refractivity contribution in [2.45, 2.75) is 26.8 Å². The first-order valence-electron chi connectivity index (χ1n) is 4.30. The third-order valence-electron chi connectivity index (χ3n) is 1.69. The SMILES string of the molecule is COCC(=O)N[C@@H](C(=O)O)C(C)(C)C. The van der Waals surface area contributed by atoms with Crippen molar-refractivity contribution in [1.82, 2.24) is 5.32 Å². The van der Waals surface area contributed by atoms with Crippen molar-refractivity contribution in [3.05, 3.63) is 0 Å². The van der Waals surface area contributed by atoms with Gasteiger partial charge in [0.15, 0.2) is 0 Å². The third-order valence-corrected chi connectivity index (χ3v) is 1.69. The molecule has 0 bridgehead atoms. The largest absolute Gasteiger partial charge is 0.480 e. The van der Waals surface area contributed by atoms with Crippen molar-refractivity contribution in [1.29, 1.82) is 0 Å². The number of amides is 1. The molecule has 0 saturated heterocycles. The summed E-state index contributed by atoms with van der Waals surface area (Å²) in [4.78, 5) is 21.9. The zero-order chi connectivity index (χ0) is 11.4. The predicted molar refractivity (Wildman–Crippen MR) is 50.9 cm³/mol. The second-order valence-electron chi connectivity index (χ2n) is 4.14. The van der Waals surface area contributed by atoms with Crippen molar-refractivity contribution >= 4 is 11.9 Å².